The highest BCUT2D eigenvalue weighted by Crippen LogP contribution is 2.36. The van der Waals surface area contributed by atoms with Crippen molar-refractivity contribution in [1.29, 1.82) is 0 Å². The van der Waals surface area contributed by atoms with Gasteiger partial charge in [0.1, 0.15) is 5.82 Å². The van der Waals surface area contributed by atoms with E-state index in [1.54, 1.807) is 11.9 Å². The maximum Gasteiger partial charge on any atom is 0.235 e. The van der Waals surface area contributed by atoms with E-state index < -0.39 is 0 Å². The number of hydrogen-bond acceptors (Lipinski definition) is 5. The fourth-order valence-electron chi connectivity index (χ4n) is 4.60. The normalized spacial score (nSPS) is 23.5. The number of carbonyl (C=O) groups is 1. The molecule has 1 saturated carbocycles. The zero-order valence-corrected chi connectivity index (χ0v) is 19.1. The number of amides is 1. The summed E-state index contributed by atoms with van der Waals surface area (Å²) in [6.07, 6.45) is 7.97. The Hall–Kier alpha value is -2.18. The first-order valence-electron chi connectivity index (χ1n) is 11.3. The fraction of sp³-hybridized carbons (Fsp3) is 0.542. The molecule has 0 radical (unpaired) electrons. The van der Waals surface area contributed by atoms with Crippen LogP contribution in [0.2, 0.25) is 5.02 Å². The molecule has 1 atom stereocenters. The number of aromatic nitrogens is 2. The van der Waals surface area contributed by atoms with Crippen LogP contribution in [-0.4, -0.2) is 42.2 Å². The number of nitrogens with zero attached hydrogens (tertiary/aromatic N) is 3. The largest absolute Gasteiger partial charge is 0.381 e. The minimum atomic E-state index is -0.307. The highest BCUT2D eigenvalue weighted by molar-refractivity contribution is 6.31. The molecule has 2 heterocycles. The predicted molar refractivity (Wildman–Crippen MR) is 124 cm³/mol. The van der Waals surface area contributed by atoms with Crippen LogP contribution in [0, 0.1) is 5.92 Å². The summed E-state index contributed by atoms with van der Waals surface area (Å²) in [5.74, 6) is 1.64. The van der Waals surface area contributed by atoms with Crippen molar-refractivity contribution in [3.05, 3.63) is 46.6 Å². The summed E-state index contributed by atoms with van der Waals surface area (Å²) in [6.45, 7) is 3.86. The van der Waals surface area contributed by atoms with Crippen LogP contribution >= 0.6 is 11.6 Å². The monoisotopic (exact) mass is 442 g/mol. The lowest BCUT2D eigenvalue weighted by atomic mass is 9.86. The van der Waals surface area contributed by atoms with E-state index in [1.807, 2.05) is 30.5 Å². The van der Waals surface area contributed by atoms with E-state index >= 15 is 0 Å². The van der Waals surface area contributed by atoms with Gasteiger partial charge < -0.3 is 10.1 Å². The van der Waals surface area contributed by atoms with Crippen LogP contribution < -0.4 is 10.2 Å². The molecule has 7 heteroatoms. The Morgan fingerprint density at radius 3 is 2.74 bits per heavy atom. The Kier molecular flexibility index (Phi) is 7.08. The van der Waals surface area contributed by atoms with Crippen molar-refractivity contribution in [2.45, 2.75) is 57.4 Å². The van der Waals surface area contributed by atoms with Crippen LogP contribution in [-0.2, 0) is 16.0 Å². The zero-order valence-electron chi connectivity index (χ0n) is 18.3. The van der Waals surface area contributed by atoms with E-state index in [1.165, 1.54) is 0 Å². The molecular formula is C24H31ClN4O2. The van der Waals surface area contributed by atoms with Crippen LogP contribution in [0.1, 0.15) is 56.1 Å². The number of fused-ring (bicyclic) bond motifs is 1. The van der Waals surface area contributed by atoms with E-state index in [0.717, 1.165) is 56.4 Å². The van der Waals surface area contributed by atoms with Gasteiger partial charge in [0, 0.05) is 43.1 Å². The standard InChI is InChI=1S/C24H31ClN4O2/c1-3-12-31-15-16-8-10-18(11-9-16)27-24-26-14-17-13-20(19-6-4-5-7-21(19)25)23(30)29(2)22(17)28-24/h4-7,14,16,18,20H,3,8-13,15H2,1-2H3,(H,26,27,28). The number of rotatable bonds is 7. The molecule has 2 aromatic rings. The van der Waals surface area contributed by atoms with Gasteiger partial charge in [-0.25, -0.2) is 4.98 Å². The number of benzene rings is 1. The van der Waals surface area contributed by atoms with E-state index in [9.17, 15) is 4.79 Å². The van der Waals surface area contributed by atoms with Crippen molar-refractivity contribution < 1.29 is 9.53 Å². The predicted octanol–water partition coefficient (Wildman–Crippen LogP) is 4.83. The van der Waals surface area contributed by atoms with Gasteiger partial charge in [0.2, 0.25) is 11.9 Å². The molecule has 1 N–H and O–H groups in total. The average Bonchev–Trinajstić information content (AvgIpc) is 2.78. The van der Waals surface area contributed by atoms with Gasteiger partial charge in [-0.05, 0) is 56.1 Å². The second-order valence-corrected chi connectivity index (χ2v) is 9.06. The van der Waals surface area contributed by atoms with Crippen molar-refractivity contribution in [2.75, 3.05) is 30.5 Å². The minimum absolute atomic E-state index is 0.0119. The highest BCUT2D eigenvalue weighted by atomic mass is 35.5. The van der Waals surface area contributed by atoms with Gasteiger partial charge in [0.15, 0.2) is 0 Å². The summed E-state index contributed by atoms with van der Waals surface area (Å²) < 4.78 is 5.72. The third kappa shape index (κ3) is 5.01. The molecule has 1 aromatic carbocycles. The second-order valence-electron chi connectivity index (χ2n) is 8.65. The van der Waals surface area contributed by atoms with Gasteiger partial charge in [-0.15, -0.1) is 0 Å². The molecule has 166 valence electrons. The molecule has 4 rings (SSSR count). The second kappa shape index (κ2) is 9.96. The number of nitrogens with one attached hydrogen (secondary N) is 1. The highest BCUT2D eigenvalue weighted by Gasteiger charge is 2.34. The lowest BCUT2D eigenvalue weighted by molar-refractivity contribution is -0.120. The molecule has 6 nitrogen and oxygen atoms in total. The number of ether oxygens (including phenoxy) is 1. The fourth-order valence-corrected chi connectivity index (χ4v) is 4.87. The van der Waals surface area contributed by atoms with Crippen LogP contribution in [0.25, 0.3) is 0 Å². The summed E-state index contributed by atoms with van der Waals surface area (Å²) in [6, 6.07) is 7.90. The molecule has 1 amide bonds. The minimum Gasteiger partial charge on any atom is -0.381 e. The van der Waals surface area contributed by atoms with Gasteiger partial charge in [-0.1, -0.05) is 36.7 Å². The van der Waals surface area contributed by atoms with Gasteiger partial charge >= 0.3 is 0 Å². The smallest absolute Gasteiger partial charge is 0.235 e. The first-order chi connectivity index (χ1) is 15.1. The van der Waals surface area contributed by atoms with Crippen LogP contribution in [0.3, 0.4) is 0 Å². The maximum absolute atomic E-state index is 13.1. The van der Waals surface area contributed by atoms with Gasteiger partial charge in [0.05, 0.1) is 5.92 Å². The molecular weight excluding hydrogens is 412 g/mol. The molecule has 1 aliphatic carbocycles. The third-order valence-electron chi connectivity index (χ3n) is 6.37. The molecule has 2 aliphatic rings. The number of halogens is 1. The number of carbonyl (C=O) groups excluding carboxylic acids is 1. The first kappa shape index (κ1) is 22.0. The van der Waals surface area contributed by atoms with Crippen molar-refractivity contribution in [1.82, 2.24) is 9.97 Å². The molecule has 1 fully saturated rings. The molecule has 1 aliphatic heterocycles. The van der Waals surface area contributed by atoms with Crippen LogP contribution in [0.5, 0.6) is 0 Å². The molecule has 1 unspecified atom stereocenters. The summed E-state index contributed by atoms with van der Waals surface area (Å²) in [4.78, 5) is 24.0. The summed E-state index contributed by atoms with van der Waals surface area (Å²) >= 11 is 6.36. The lowest BCUT2D eigenvalue weighted by Crippen LogP contribution is -2.38. The first-order valence-corrected chi connectivity index (χ1v) is 11.7. The van der Waals surface area contributed by atoms with Gasteiger partial charge in [0.25, 0.3) is 0 Å². The van der Waals surface area contributed by atoms with Crippen molar-refractivity contribution in [3.8, 4) is 0 Å². The van der Waals surface area contributed by atoms with E-state index in [-0.39, 0.29) is 11.8 Å². The lowest BCUT2D eigenvalue weighted by Gasteiger charge is -2.32. The summed E-state index contributed by atoms with van der Waals surface area (Å²) in [5.41, 5.74) is 1.82. The van der Waals surface area contributed by atoms with E-state index in [2.05, 4.69) is 17.2 Å². The molecule has 0 bridgehead atoms. The Balaban J connectivity index is 1.41. The SMILES string of the molecule is CCCOCC1CCC(Nc2ncc3c(n2)N(C)C(=O)C(c2ccccc2Cl)C3)CC1. The van der Waals surface area contributed by atoms with Crippen molar-refractivity contribution in [2.24, 2.45) is 5.92 Å². The zero-order chi connectivity index (χ0) is 21.8. The Morgan fingerprint density at radius 1 is 1.23 bits per heavy atom. The van der Waals surface area contributed by atoms with Gasteiger partial charge in [-0.2, -0.15) is 4.98 Å². The van der Waals surface area contributed by atoms with Crippen molar-refractivity contribution in [3.63, 3.8) is 0 Å². The maximum atomic E-state index is 13.1. The quantitative estimate of drug-likeness (QED) is 0.622. The topological polar surface area (TPSA) is 67.3 Å². The van der Waals surface area contributed by atoms with Crippen molar-refractivity contribution >= 4 is 29.3 Å². The number of likely N-dealkylation sites (N-methyl/N-ethyl adjacent to an activating group) is 1. The Labute approximate surface area is 189 Å². The Morgan fingerprint density at radius 2 is 2.00 bits per heavy atom. The number of hydrogen-bond donors (Lipinski definition) is 1. The van der Waals surface area contributed by atoms with Crippen LogP contribution in [0.15, 0.2) is 30.5 Å². The molecule has 31 heavy (non-hydrogen) atoms. The van der Waals surface area contributed by atoms with Gasteiger partial charge in [-0.3, -0.25) is 9.69 Å². The Bertz CT molecular complexity index is 914. The van der Waals surface area contributed by atoms with Crippen LogP contribution in [0.4, 0.5) is 11.8 Å². The summed E-state index contributed by atoms with van der Waals surface area (Å²) in [5, 5.41) is 4.10. The molecule has 0 saturated heterocycles. The molecule has 1 aromatic heterocycles. The van der Waals surface area contributed by atoms with E-state index in [0.29, 0.717) is 35.2 Å². The molecule has 0 spiro atoms. The third-order valence-corrected chi connectivity index (χ3v) is 6.72. The number of anilines is 2. The average molecular weight is 443 g/mol. The summed E-state index contributed by atoms with van der Waals surface area (Å²) in [7, 11) is 1.78. The van der Waals surface area contributed by atoms with E-state index in [4.69, 9.17) is 21.3 Å².